The molecule has 0 aromatic heterocycles. The molecule has 0 rings (SSSR count). The molecule has 0 fully saturated rings. The van der Waals surface area contributed by atoms with Crippen molar-refractivity contribution in [3.05, 3.63) is 23.8 Å². The van der Waals surface area contributed by atoms with Gasteiger partial charge in [-0.2, -0.15) is 0 Å². The predicted molar refractivity (Wildman–Crippen MR) is 77.4 cm³/mol. The highest BCUT2D eigenvalue weighted by Gasteiger charge is 2.01. The van der Waals surface area contributed by atoms with Crippen molar-refractivity contribution in [3.8, 4) is 0 Å². The molecule has 0 N–H and O–H groups in total. The minimum Gasteiger partial charge on any atom is -0.466 e. The molecule has 0 amide bonds. The summed E-state index contributed by atoms with van der Waals surface area (Å²) in [6.45, 7) is 8.73. The van der Waals surface area contributed by atoms with Gasteiger partial charge in [0.05, 0.1) is 7.11 Å². The van der Waals surface area contributed by atoms with Crippen molar-refractivity contribution in [2.24, 2.45) is 11.8 Å². The molecule has 0 radical (unpaired) electrons. The molecule has 0 aliphatic carbocycles. The second-order valence-corrected chi connectivity index (χ2v) is 5.48. The van der Waals surface area contributed by atoms with Gasteiger partial charge in [-0.25, -0.2) is 4.79 Å². The van der Waals surface area contributed by atoms with Crippen molar-refractivity contribution in [3.63, 3.8) is 0 Å². The van der Waals surface area contributed by atoms with E-state index in [0.29, 0.717) is 5.92 Å². The van der Waals surface area contributed by atoms with E-state index in [0.717, 1.165) is 17.9 Å². The molecule has 0 heterocycles. The Labute approximate surface area is 112 Å². The summed E-state index contributed by atoms with van der Waals surface area (Å²) in [4.78, 5) is 11.0. The van der Waals surface area contributed by atoms with E-state index in [1.165, 1.54) is 32.4 Å². The first-order chi connectivity index (χ1) is 8.45. The Hall–Kier alpha value is -1.05. The standard InChI is InChI=1S/C16H28O2/c1-13(2)8-6-9-14(3)10-7-11-15(4)12-16(17)18-5/h7,11-14H,6,8-10H2,1-5H3/b11-7+,15-12?. The Balaban J connectivity index is 3.86. The molecular weight excluding hydrogens is 224 g/mol. The van der Waals surface area contributed by atoms with Gasteiger partial charge < -0.3 is 4.74 Å². The average molecular weight is 252 g/mol. The van der Waals surface area contributed by atoms with Crippen LogP contribution in [0, 0.1) is 11.8 Å². The molecule has 1 unspecified atom stereocenters. The van der Waals surface area contributed by atoms with Crippen molar-refractivity contribution >= 4 is 5.97 Å². The second kappa shape index (κ2) is 9.93. The summed E-state index contributed by atoms with van der Waals surface area (Å²) in [6, 6.07) is 0. The van der Waals surface area contributed by atoms with E-state index in [4.69, 9.17) is 0 Å². The maximum Gasteiger partial charge on any atom is 0.330 e. The van der Waals surface area contributed by atoms with Gasteiger partial charge in [0.2, 0.25) is 0 Å². The highest BCUT2D eigenvalue weighted by atomic mass is 16.5. The maximum atomic E-state index is 11.0. The molecule has 0 aliphatic rings. The van der Waals surface area contributed by atoms with Crippen LogP contribution in [0.5, 0.6) is 0 Å². The van der Waals surface area contributed by atoms with E-state index in [1.54, 1.807) is 0 Å². The molecule has 0 saturated carbocycles. The topological polar surface area (TPSA) is 26.3 Å². The number of hydrogen-bond acceptors (Lipinski definition) is 2. The van der Waals surface area contributed by atoms with Crippen molar-refractivity contribution in [1.82, 2.24) is 0 Å². The van der Waals surface area contributed by atoms with Crippen LogP contribution in [0.25, 0.3) is 0 Å². The van der Waals surface area contributed by atoms with Crippen molar-refractivity contribution < 1.29 is 9.53 Å². The Kier molecular flexibility index (Phi) is 9.35. The average Bonchev–Trinajstić information content (AvgIpc) is 2.28. The van der Waals surface area contributed by atoms with Crippen molar-refractivity contribution in [2.45, 2.75) is 53.4 Å². The largest absolute Gasteiger partial charge is 0.466 e. The summed E-state index contributed by atoms with van der Waals surface area (Å²) in [7, 11) is 1.40. The fourth-order valence-electron chi connectivity index (χ4n) is 1.77. The zero-order valence-electron chi connectivity index (χ0n) is 12.5. The first kappa shape index (κ1) is 16.9. The smallest absolute Gasteiger partial charge is 0.330 e. The van der Waals surface area contributed by atoms with Gasteiger partial charge in [0.25, 0.3) is 0 Å². The van der Waals surface area contributed by atoms with Crippen LogP contribution in [0.4, 0.5) is 0 Å². The fraction of sp³-hybridized carbons (Fsp3) is 0.688. The third-order valence-corrected chi connectivity index (χ3v) is 2.94. The molecule has 1 atom stereocenters. The zero-order chi connectivity index (χ0) is 14.0. The Morgan fingerprint density at radius 1 is 1.22 bits per heavy atom. The lowest BCUT2D eigenvalue weighted by atomic mass is 9.97. The number of carbonyl (C=O) groups excluding carboxylic acids is 1. The first-order valence-electron chi connectivity index (χ1n) is 6.88. The molecule has 0 aromatic rings. The van der Waals surface area contributed by atoms with Crippen LogP contribution in [0.15, 0.2) is 23.8 Å². The number of hydrogen-bond donors (Lipinski definition) is 0. The van der Waals surface area contributed by atoms with E-state index in [1.807, 2.05) is 13.0 Å². The maximum absolute atomic E-state index is 11.0. The van der Waals surface area contributed by atoms with Gasteiger partial charge >= 0.3 is 5.97 Å². The number of rotatable bonds is 8. The number of carbonyl (C=O) groups is 1. The molecule has 18 heavy (non-hydrogen) atoms. The minimum absolute atomic E-state index is 0.290. The molecule has 0 spiro atoms. The molecule has 2 nitrogen and oxygen atoms in total. The highest BCUT2D eigenvalue weighted by molar-refractivity contribution is 5.83. The lowest BCUT2D eigenvalue weighted by Gasteiger charge is -2.09. The van der Waals surface area contributed by atoms with E-state index in [2.05, 4.69) is 31.6 Å². The van der Waals surface area contributed by atoms with Gasteiger partial charge in [0.15, 0.2) is 0 Å². The van der Waals surface area contributed by atoms with Gasteiger partial charge in [0, 0.05) is 6.08 Å². The van der Waals surface area contributed by atoms with Crippen LogP contribution < -0.4 is 0 Å². The molecule has 0 saturated heterocycles. The van der Waals surface area contributed by atoms with Crippen LogP contribution in [-0.2, 0) is 9.53 Å². The SMILES string of the molecule is COC(=O)C=C(C)/C=C/CC(C)CCCC(C)C. The third kappa shape index (κ3) is 10.1. The molecule has 0 aromatic carbocycles. The molecule has 104 valence electrons. The molecule has 0 aliphatic heterocycles. The van der Waals surface area contributed by atoms with Gasteiger partial charge in [-0.1, -0.05) is 52.2 Å². The van der Waals surface area contributed by atoms with Gasteiger partial charge in [-0.05, 0) is 30.8 Å². The number of esters is 1. The fourth-order valence-corrected chi connectivity index (χ4v) is 1.77. The van der Waals surface area contributed by atoms with E-state index >= 15 is 0 Å². The summed E-state index contributed by atoms with van der Waals surface area (Å²) in [5, 5.41) is 0. The van der Waals surface area contributed by atoms with Crippen LogP contribution >= 0.6 is 0 Å². The monoisotopic (exact) mass is 252 g/mol. The van der Waals surface area contributed by atoms with E-state index in [-0.39, 0.29) is 5.97 Å². The van der Waals surface area contributed by atoms with Crippen LogP contribution in [-0.4, -0.2) is 13.1 Å². The lowest BCUT2D eigenvalue weighted by molar-refractivity contribution is -0.134. The lowest BCUT2D eigenvalue weighted by Crippen LogP contribution is -1.96. The quantitative estimate of drug-likeness (QED) is 0.361. The first-order valence-corrected chi connectivity index (χ1v) is 6.88. The third-order valence-electron chi connectivity index (χ3n) is 2.94. The highest BCUT2D eigenvalue weighted by Crippen LogP contribution is 2.15. The normalized spacial score (nSPS) is 14.2. The molecule has 2 heteroatoms. The van der Waals surface area contributed by atoms with E-state index < -0.39 is 0 Å². The zero-order valence-corrected chi connectivity index (χ0v) is 12.5. The Bertz CT molecular complexity index is 287. The van der Waals surface area contributed by atoms with Gasteiger partial charge in [-0.15, -0.1) is 0 Å². The van der Waals surface area contributed by atoms with Crippen molar-refractivity contribution in [2.75, 3.05) is 7.11 Å². The summed E-state index contributed by atoms with van der Waals surface area (Å²) in [5.41, 5.74) is 0.941. The van der Waals surface area contributed by atoms with E-state index in [9.17, 15) is 4.79 Å². The Morgan fingerprint density at radius 2 is 1.89 bits per heavy atom. The summed E-state index contributed by atoms with van der Waals surface area (Å²) < 4.78 is 4.57. The number of ether oxygens (including phenoxy) is 1. The minimum atomic E-state index is -0.290. The summed E-state index contributed by atoms with van der Waals surface area (Å²) in [6.07, 6.45) is 10.6. The predicted octanol–water partition coefficient (Wildman–Crippen LogP) is 4.51. The van der Waals surface area contributed by atoms with Gasteiger partial charge in [0.1, 0.15) is 0 Å². The van der Waals surface area contributed by atoms with Crippen LogP contribution in [0.3, 0.4) is 0 Å². The van der Waals surface area contributed by atoms with Crippen molar-refractivity contribution in [1.29, 1.82) is 0 Å². The van der Waals surface area contributed by atoms with Crippen LogP contribution in [0.1, 0.15) is 53.4 Å². The van der Waals surface area contributed by atoms with Crippen LogP contribution in [0.2, 0.25) is 0 Å². The number of methoxy groups -OCH3 is 1. The molecule has 0 bridgehead atoms. The van der Waals surface area contributed by atoms with Gasteiger partial charge in [-0.3, -0.25) is 0 Å². The second-order valence-electron chi connectivity index (χ2n) is 5.48. The summed E-state index contributed by atoms with van der Waals surface area (Å²) in [5.74, 6) is 1.23. The number of allylic oxidation sites excluding steroid dienone is 3. The summed E-state index contributed by atoms with van der Waals surface area (Å²) >= 11 is 0. The Morgan fingerprint density at radius 3 is 2.44 bits per heavy atom. The molecular formula is C16H28O2.